The van der Waals surface area contributed by atoms with Crippen LogP contribution >= 0.6 is 0 Å². The first-order chi connectivity index (χ1) is 11.4. The Morgan fingerprint density at radius 1 is 0.739 bits per heavy atom. The smallest absolute Gasteiger partial charge is 0.110 e. The zero-order valence-corrected chi connectivity index (χ0v) is 13.2. The molecule has 0 atom stereocenters. The van der Waals surface area contributed by atoms with E-state index in [1.54, 1.807) is 0 Å². The van der Waals surface area contributed by atoms with Crippen LogP contribution in [0.4, 0.5) is 0 Å². The Balaban J connectivity index is 1.87. The van der Waals surface area contributed by atoms with Crippen molar-refractivity contribution in [2.24, 2.45) is 0 Å². The van der Waals surface area contributed by atoms with Crippen molar-refractivity contribution >= 4 is 32.6 Å². The van der Waals surface area contributed by atoms with Gasteiger partial charge in [-0.3, -0.25) is 0 Å². The molecule has 0 unspecified atom stereocenters. The van der Waals surface area contributed by atoms with Gasteiger partial charge >= 0.3 is 0 Å². The lowest BCUT2D eigenvalue weighted by atomic mass is 9.89. The third-order valence-corrected chi connectivity index (χ3v) is 5.38. The molecule has 1 heterocycles. The Morgan fingerprint density at radius 3 is 2.09 bits per heavy atom. The first kappa shape index (κ1) is 13.1. The Bertz CT molecular complexity index is 934. The highest BCUT2D eigenvalue weighted by atomic mass is 14.9. The summed E-state index contributed by atoms with van der Waals surface area (Å²) in [4.78, 5) is 8.75. The second-order valence-electron chi connectivity index (χ2n) is 6.77. The summed E-state index contributed by atoms with van der Waals surface area (Å²) in [6.45, 7) is 0. The van der Waals surface area contributed by atoms with Gasteiger partial charge in [0.15, 0.2) is 0 Å². The molecule has 2 heteroatoms. The maximum atomic E-state index is 5.06. The van der Waals surface area contributed by atoms with Crippen LogP contribution in [0, 0.1) is 0 Å². The number of aromatic amines is 1. The highest BCUT2D eigenvalue weighted by Crippen LogP contribution is 2.37. The molecule has 5 rings (SSSR count). The maximum absolute atomic E-state index is 5.06. The summed E-state index contributed by atoms with van der Waals surface area (Å²) >= 11 is 0. The number of nitrogens with one attached hydrogen (secondary N) is 1. The van der Waals surface area contributed by atoms with Gasteiger partial charge in [-0.25, -0.2) is 4.98 Å². The molecule has 1 aliphatic rings. The molecule has 114 valence electrons. The van der Waals surface area contributed by atoms with Gasteiger partial charge in [0.2, 0.25) is 0 Å². The summed E-state index contributed by atoms with van der Waals surface area (Å²) in [6.07, 6.45) is 6.60. The van der Waals surface area contributed by atoms with Crippen LogP contribution in [0.15, 0.2) is 48.5 Å². The summed E-state index contributed by atoms with van der Waals surface area (Å²) in [6, 6.07) is 17.3. The molecule has 3 aromatic carbocycles. The fourth-order valence-corrected chi connectivity index (χ4v) is 4.21. The normalized spacial score (nSPS) is 16.5. The maximum Gasteiger partial charge on any atom is 0.110 e. The first-order valence-corrected chi connectivity index (χ1v) is 8.71. The van der Waals surface area contributed by atoms with Crippen LogP contribution in [0.25, 0.3) is 32.6 Å². The van der Waals surface area contributed by atoms with Gasteiger partial charge in [-0.05, 0) is 23.6 Å². The fourth-order valence-electron chi connectivity index (χ4n) is 4.21. The van der Waals surface area contributed by atoms with Crippen molar-refractivity contribution in [2.45, 2.75) is 38.0 Å². The van der Waals surface area contributed by atoms with Gasteiger partial charge in [-0.15, -0.1) is 0 Å². The largest absolute Gasteiger partial charge is 0.341 e. The molecule has 4 aromatic rings. The molecular formula is C21H20N2. The van der Waals surface area contributed by atoms with Crippen LogP contribution in [0.1, 0.15) is 43.8 Å². The molecule has 2 nitrogen and oxygen atoms in total. The van der Waals surface area contributed by atoms with Gasteiger partial charge in [-0.1, -0.05) is 67.8 Å². The highest BCUT2D eigenvalue weighted by Gasteiger charge is 2.20. The number of hydrogen-bond acceptors (Lipinski definition) is 1. The monoisotopic (exact) mass is 300 g/mol. The quantitative estimate of drug-likeness (QED) is 0.434. The number of fused-ring (bicyclic) bond motifs is 6. The second-order valence-corrected chi connectivity index (χ2v) is 6.77. The summed E-state index contributed by atoms with van der Waals surface area (Å²) in [5.74, 6) is 1.80. The molecule has 0 bridgehead atoms. The summed E-state index contributed by atoms with van der Waals surface area (Å²) < 4.78 is 0. The van der Waals surface area contributed by atoms with E-state index >= 15 is 0 Å². The topological polar surface area (TPSA) is 28.7 Å². The molecule has 0 radical (unpaired) electrons. The standard InChI is InChI=1S/C21H20N2/c1-2-8-14(9-3-1)21-22-19-17-12-6-4-10-15(17)16-11-5-7-13-18(16)20(19)23-21/h4-7,10-14H,1-3,8-9H2,(H,22,23). The van der Waals surface area contributed by atoms with E-state index in [4.69, 9.17) is 4.98 Å². The predicted octanol–water partition coefficient (Wildman–Crippen LogP) is 5.92. The molecule has 1 N–H and O–H groups in total. The van der Waals surface area contributed by atoms with Crippen LogP contribution < -0.4 is 0 Å². The van der Waals surface area contributed by atoms with E-state index in [0.717, 1.165) is 5.52 Å². The van der Waals surface area contributed by atoms with Crippen molar-refractivity contribution in [2.75, 3.05) is 0 Å². The van der Waals surface area contributed by atoms with E-state index in [0.29, 0.717) is 5.92 Å². The van der Waals surface area contributed by atoms with Crippen molar-refractivity contribution in [3.63, 3.8) is 0 Å². The predicted molar refractivity (Wildman–Crippen MR) is 96.9 cm³/mol. The minimum absolute atomic E-state index is 0.605. The number of imidazole rings is 1. The van der Waals surface area contributed by atoms with E-state index in [9.17, 15) is 0 Å². The minimum Gasteiger partial charge on any atom is -0.341 e. The number of hydrogen-bond donors (Lipinski definition) is 1. The third-order valence-electron chi connectivity index (χ3n) is 5.38. The van der Waals surface area contributed by atoms with E-state index in [1.165, 1.54) is 65.0 Å². The van der Waals surface area contributed by atoms with Crippen LogP contribution in [-0.4, -0.2) is 9.97 Å². The molecular weight excluding hydrogens is 280 g/mol. The van der Waals surface area contributed by atoms with Gasteiger partial charge in [0.1, 0.15) is 5.82 Å². The Labute approximate surface area is 135 Å². The van der Waals surface area contributed by atoms with Crippen molar-refractivity contribution in [3.05, 3.63) is 54.4 Å². The zero-order valence-electron chi connectivity index (χ0n) is 13.2. The molecule has 0 aliphatic heterocycles. The van der Waals surface area contributed by atoms with Crippen molar-refractivity contribution in [1.29, 1.82) is 0 Å². The van der Waals surface area contributed by atoms with Crippen LogP contribution in [0.2, 0.25) is 0 Å². The number of H-pyrrole nitrogens is 1. The molecule has 1 aliphatic carbocycles. The van der Waals surface area contributed by atoms with E-state index < -0.39 is 0 Å². The molecule has 0 spiro atoms. The highest BCUT2D eigenvalue weighted by molar-refractivity contribution is 6.23. The van der Waals surface area contributed by atoms with Crippen LogP contribution in [0.5, 0.6) is 0 Å². The van der Waals surface area contributed by atoms with E-state index in [2.05, 4.69) is 53.5 Å². The molecule has 1 saturated carbocycles. The van der Waals surface area contributed by atoms with Crippen molar-refractivity contribution in [3.8, 4) is 0 Å². The third kappa shape index (κ3) is 1.98. The lowest BCUT2D eigenvalue weighted by Gasteiger charge is -2.19. The van der Waals surface area contributed by atoms with E-state index in [1.807, 2.05) is 0 Å². The number of aromatic nitrogens is 2. The van der Waals surface area contributed by atoms with Gasteiger partial charge in [-0.2, -0.15) is 0 Å². The summed E-state index contributed by atoms with van der Waals surface area (Å²) in [7, 11) is 0. The number of rotatable bonds is 1. The van der Waals surface area contributed by atoms with Crippen LogP contribution in [0.3, 0.4) is 0 Å². The lowest BCUT2D eigenvalue weighted by Crippen LogP contribution is -2.05. The van der Waals surface area contributed by atoms with Gasteiger partial charge in [0, 0.05) is 16.7 Å². The molecule has 23 heavy (non-hydrogen) atoms. The molecule has 0 amide bonds. The van der Waals surface area contributed by atoms with Crippen molar-refractivity contribution in [1.82, 2.24) is 9.97 Å². The van der Waals surface area contributed by atoms with Gasteiger partial charge < -0.3 is 4.98 Å². The fraction of sp³-hybridized carbons (Fsp3) is 0.286. The van der Waals surface area contributed by atoms with E-state index in [-0.39, 0.29) is 0 Å². The Hall–Kier alpha value is -2.35. The van der Waals surface area contributed by atoms with Gasteiger partial charge in [0.25, 0.3) is 0 Å². The number of benzene rings is 3. The average Bonchev–Trinajstić information content (AvgIpc) is 3.09. The summed E-state index contributed by atoms with van der Waals surface area (Å²) in [5, 5.41) is 5.17. The van der Waals surface area contributed by atoms with Crippen molar-refractivity contribution < 1.29 is 0 Å². The molecule has 1 aromatic heterocycles. The zero-order chi connectivity index (χ0) is 15.2. The Morgan fingerprint density at radius 2 is 1.35 bits per heavy atom. The Kier molecular flexibility index (Phi) is 2.90. The average molecular weight is 300 g/mol. The number of nitrogens with zero attached hydrogens (tertiary/aromatic N) is 1. The minimum atomic E-state index is 0.605. The molecule has 0 saturated heterocycles. The molecule has 1 fully saturated rings. The van der Waals surface area contributed by atoms with Gasteiger partial charge in [0.05, 0.1) is 11.0 Å². The SMILES string of the molecule is c1ccc2c(c1)c1ccccc1c1[nH]c(C3CCCCC3)nc21. The second kappa shape index (κ2) is 5.09. The first-order valence-electron chi connectivity index (χ1n) is 8.71. The lowest BCUT2D eigenvalue weighted by molar-refractivity contribution is 0.431. The summed E-state index contributed by atoms with van der Waals surface area (Å²) in [5.41, 5.74) is 2.35. The van der Waals surface area contributed by atoms with Crippen LogP contribution in [-0.2, 0) is 0 Å².